The highest BCUT2D eigenvalue weighted by Gasteiger charge is 2.26. The van der Waals surface area contributed by atoms with Crippen LogP contribution in [0.3, 0.4) is 0 Å². The van der Waals surface area contributed by atoms with Gasteiger partial charge in [0.05, 0.1) is 18.3 Å². The fourth-order valence-electron chi connectivity index (χ4n) is 2.69. The maximum absolute atomic E-state index is 12.4. The van der Waals surface area contributed by atoms with Crippen LogP contribution in [0.15, 0.2) is 29.2 Å². The number of amides is 2. The SMILES string of the molecule is CSc1ccccc1NC(=O)CN(C)[C@H](C)C(=O)N1CCCC1. The van der Waals surface area contributed by atoms with Crippen molar-refractivity contribution in [1.29, 1.82) is 0 Å². The molecule has 0 saturated carbocycles. The first kappa shape index (κ1) is 17.8. The first-order valence-electron chi connectivity index (χ1n) is 7.95. The van der Waals surface area contributed by atoms with E-state index in [1.54, 1.807) is 16.7 Å². The minimum Gasteiger partial charge on any atom is -0.341 e. The lowest BCUT2D eigenvalue weighted by atomic mass is 10.2. The molecule has 1 aromatic rings. The van der Waals surface area contributed by atoms with Crippen molar-refractivity contribution < 1.29 is 9.59 Å². The van der Waals surface area contributed by atoms with Gasteiger partial charge in [0.25, 0.3) is 0 Å². The molecule has 1 fully saturated rings. The normalized spacial score (nSPS) is 15.7. The van der Waals surface area contributed by atoms with Crippen molar-refractivity contribution in [1.82, 2.24) is 9.80 Å². The van der Waals surface area contributed by atoms with Gasteiger partial charge in [-0.2, -0.15) is 0 Å². The van der Waals surface area contributed by atoms with Crippen LogP contribution in [0.1, 0.15) is 19.8 Å². The highest BCUT2D eigenvalue weighted by atomic mass is 32.2. The Bertz CT molecular complexity index is 559. The minimum atomic E-state index is -0.283. The van der Waals surface area contributed by atoms with Gasteiger partial charge in [-0.1, -0.05) is 12.1 Å². The summed E-state index contributed by atoms with van der Waals surface area (Å²) in [5.74, 6) is 0.0115. The van der Waals surface area contributed by atoms with E-state index in [-0.39, 0.29) is 24.4 Å². The molecular weight excluding hydrogens is 310 g/mol. The third-order valence-electron chi connectivity index (χ3n) is 4.21. The van der Waals surface area contributed by atoms with E-state index < -0.39 is 0 Å². The van der Waals surface area contributed by atoms with Gasteiger partial charge in [-0.25, -0.2) is 0 Å². The van der Waals surface area contributed by atoms with Crippen molar-refractivity contribution in [2.24, 2.45) is 0 Å². The monoisotopic (exact) mass is 335 g/mol. The second-order valence-electron chi connectivity index (χ2n) is 5.87. The standard InChI is InChI=1S/C17H25N3O2S/c1-13(17(22)20-10-6-7-11-20)19(2)12-16(21)18-14-8-4-5-9-15(14)23-3/h4-5,8-9,13H,6-7,10-12H2,1-3H3,(H,18,21)/t13-/m1/s1. The zero-order valence-electron chi connectivity index (χ0n) is 14.0. The number of hydrogen-bond acceptors (Lipinski definition) is 4. The first-order chi connectivity index (χ1) is 11.0. The van der Waals surface area contributed by atoms with Crippen molar-refractivity contribution in [3.05, 3.63) is 24.3 Å². The number of nitrogens with zero attached hydrogens (tertiary/aromatic N) is 2. The molecular formula is C17H25N3O2S. The summed E-state index contributed by atoms with van der Waals surface area (Å²) in [7, 11) is 1.82. The average Bonchev–Trinajstić information content (AvgIpc) is 3.08. The van der Waals surface area contributed by atoms with E-state index in [4.69, 9.17) is 0 Å². The van der Waals surface area contributed by atoms with Crippen LogP contribution in [0.4, 0.5) is 5.69 Å². The van der Waals surface area contributed by atoms with Gasteiger partial charge in [0.2, 0.25) is 11.8 Å². The van der Waals surface area contributed by atoms with Crippen LogP contribution in [0.25, 0.3) is 0 Å². The summed E-state index contributed by atoms with van der Waals surface area (Å²) in [6.07, 6.45) is 4.14. The Morgan fingerprint density at radius 2 is 1.96 bits per heavy atom. The largest absolute Gasteiger partial charge is 0.341 e. The number of thioether (sulfide) groups is 1. The molecule has 5 nitrogen and oxygen atoms in total. The Morgan fingerprint density at radius 3 is 2.61 bits per heavy atom. The zero-order chi connectivity index (χ0) is 16.8. The van der Waals surface area contributed by atoms with Crippen molar-refractivity contribution in [2.75, 3.05) is 38.3 Å². The second kappa shape index (κ2) is 8.36. The molecule has 1 aliphatic rings. The van der Waals surface area contributed by atoms with Gasteiger partial charge in [-0.05, 0) is 45.2 Å². The molecule has 0 unspecified atom stereocenters. The summed E-state index contributed by atoms with van der Waals surface area (Å²) >= 11 is 1.60. The fraction of sp³-hybridized carbons (Fsp3) is 0.529. The molecule has 0 bridgehead atoms. The lowest BCUT2D eigenvalue weighted by Gasteiger charge is -2.27. The molecule has 1 atom stereocenters. The molecule has 0 aromatic heterocycles. The average molecular weight is 335 g/mol. The Morgan fingerprint density at radius 1 is 1.30 bits per heavy atom. The maximum Gasteiger partial charge on any atom is 0.239 e. The number of likely N-dealkylation sites (tertiary alicyclic amines) is 1. The van der Waals surface area contributed by atoms with Crippen LogP contribution >= 0.6 is 11.8 Å². The molecule has 1 saturated heterocycles. The quantitative estimate of drug-likeness (QED) is 0.811. The Labute approximate surface area is 142 Å². The number of hydrogen-bond donors (Lipinski definition) is 1. The molecule has 126 valence electrons. The highest BCUT2D eigenvalue weighted by molar-refractivity contribution is 7.98. The molecule has 0 spiro atoms. The fourth-order valence-corrected chi connectivity index (χ4v) is 3.24. The molecule has 1 aliphatic heterocycles. The summed E-state index contributed by atoms with van der Waals surface area (Å²) in [6.45, 7) is 3.74. The summed E-state index contributed by atoms with van der Waals surface area (Å²) in [6, 6.07) is 7.43. The molecule has 2 rings (SSSR count). The Kier molecular flexibility index (Phi) is 6.47. The number of carbonyl (C=O) groups excluding carboxylic acids is 2. The molecule has 1 aromatic carbocycles. The van der Waals surface area contributed by atoms with Crippen LogP contribution in [-0.4, -0.2) is 60.6 Å². The van der Waals surface area contributed by atoms with E-state index in [1.807, 2.05) is 49.4 Å². The number of para-hydroxylation sites is 1. The summed E-state index contributed by atoms with van der Waals surface area (Å²) in [5, 5.41) is 2.93. The van der Waals surface area contributed by atoms with Crippen LogP contribution < -0.4 is 5.32 Å². The topological polar surface area (TPSA) is 52.7 Å². The van der Waals surface area contributed by atoms with E-state index in [0.717, 1.165) is 36.5 Å². The van der Waals surface area contributed by atoms with Gasteiger partial charge in [0.15, 0.2) is 0 Å². The van der Waals surface area contributed by atoms with E-state index in [1.165, 1.54) is 0 Å². The van der Waals surface area contributed by atoms with Gasteiger partial charge in [-0.3, -0.25) is 14.5 Å². The number of nitrogens with one attached hydrogen (secondary N) is 1. The highest BCUT2D eigenvalue weighted by Crippen LogP contribution is 2.24. The second-order valence-corrected chi connectivity index (χ2v) is 6.72. The summed E-state index contributed by atoms with van der Waals surface area (Å²) < 4.78 is 0. The molecule has 6 heteroatoms. The predicted octanol–water partition coefficient (Wildman–Crippen LogP) is 2.29. The number of likely N-dealkylation sites (N-methyl/N-ethyl adjacent to an activating group) is 1. The van der Waals surface area contributed by atoms with Crippen LogP contribution in [0.5, 0.6) is 0 Å². The lowest BCUT2D eigenvalue weighted by molar-refractivity contribution is -0.135. The van der Waals surface area contributed by atoms with E-state index in [9.17, 15) is 9.59 Å². The molecule has 0 aliphatic carbocycles. The van der Waals surface area contributed by atoms with Gasteiger partial charge < -0.3 is 10.2 Å². The van der Waals surface area contributed by atoms with Gasteiger partial charge in [0, 0.05) is 18.0 Å². The molecule has 2 amide bonds. The van der Waals surface area contributed by atoms with Crippen molar-refractivity contribution in [3.8, 4) is 0 Å². The third-order valence-corrected chi connectivity index (χ3v) is 5.01. The lowest BCUT2D eigenvalue weighted by Crippen LogP contribution is -2.46. The zero-order valence-corrected chi connectivity index (χ0v) is 14.9. The summed E-state index contributed by atoms with van der Waals surface area (Å²) in [5.41, 5.74) is 0.817. The Balaban J connectivity index is 1.89. The predicted molar refractivity (Wildman–Crippen MR) is 94.8 cm³/mol. The van der Waals surface area contributed by atoms with Crippen molar-refractivity contribution in [2.45, 2.75) is 30.7 Å². The number of anilines is 1. The molecule has 23 heavy (non-hydrogen) atoms. The number of carbonyl (C=O) groups is 2. The first-order valence-corrected chi connectivity index (χ1v) is 9.17. The van der Waals surface area contributed by atoms with Crippen molar-refractivity contribution >= 4 is 29.3 Å². The van der Waals surface area contributed by atoms with Crippen LogP contribution in [0.2, 0.25) is 0 Å². The van der Waals surface area contributed by atoms with Crippen LogP contribution in [-0.2, 0) is 9.59 Å². The maximum atomic E-state index is 12.4. The van der Waals surface area contributed by atoms with Gasteiger partial charge in [0.1, 0.15) is 0 Å². The third kappa shape index (κ3) is 4.72. The Hall–Kier alpha value is -1.53. The smallest absolute Gasteiger partial charge is 0.239 e. The van der Waals surface area contributed by atoms with E-state index in [0.29, 0.717) is 0 Å². The van der Waals surface area contributed by atoms with Crippen molar-refractivity contribution in [3.63, 3.8) is 0 Å². The number of rotatable bonds is 6. The summed E-state index contributed by atoms with van der Waals surface area (Å²) in [4.78, 5) is 29.4. The van der Waals surface area contributed by atoms with Gasteiger partial charge >= 0.3 is 0 Å². The molecule has 0 radical (unpaired) electrons. The van der Waals surface area contributed by atoms with E-state index >= 15 is 0 Å². The van der Waals surface area contributed by atoms with Gasteiger partial charge in [-0.15, -0.1) is 11.8 Å². The molecule has 1 heterocycles. The van der Waals surface area contributed by atoms with E-state index in [2.05, 4.69) is 5.32 Å². The van der Waals surface area contributed by atoms with Crippen LogP contribution in [0, 0.1) is 0 Å². The minimum absolute atomic E-state index is 0.102. The number of benzene rings is 1. The molecule has 1 N–H and O–H groups in total.